The largest absolute Gasteiger partial charge is 0.389 e. The van der Waals surface area contributed by atoms with Crippen molar-refractivity contribution in [2.75, 3.05) is 32.7 Å². The Hall–Kier alpha value is -1.10. The lowest BCUT2D eigenvalue weighted by atomic mass is 9.77. The Kier molecular flexibility index (Phi) is 8.00. The van der Waals surface area contributed by atoms with E-state index in [1.54, 1.807) is 0 Å². The Morgan fingerprint density at radius 3 is 2.52 bits per heavy atom. The summed E-state index contributed by atoms with van der Waals surface area (Å²) in [5.74, 6) is 0.0119. The molecule has 2 aromatic rings. The summed E-state index contributed by atoms with van der Waals surface area (Å²) in [4.78, 5) is 2.47. The molecule has 2 unspecified atom stereocenters. The summed E-state index contributed by atoms with van der Waals surface area (Å²) in [6.07, 6.45) is 2.88. The van der Waals surface area contributed by atoms with Crippen molar-refractivity contribution in [3.63, 3.8) is 0 Å². The summed E-state index contributed by atoms with van der Waals surface area (Å²) in [5.41, 5.74) is 2.54. The van der Waals surface area contributed by atoms with Crippen LogP contribution in [0.3, 0.4) is 0 Å². The fourth-order valence-corrected chi connectivity index (χ4v) is 4.52. The van der Waals surface area contributed by atoms with Crippen LogP contribution in [0.15, 0.2) is 42.5 Å². The Balaban J connectivity index is 2.01. The maximum absolute atomic E-state index is 11.6. The van der Waals surface area contributed by atoms with E-state index >= 15 is 0 Å². The molecule has 158 valence electrons. The van der Waals surface area contributed by atoms with Crippen molar-refractivity contribution in [3.8, 4) is 11.1 Å². The standard InChI is InChI=1S/C24H32Cl2N2O/c1-3-4-11-24(2,29)21(17-28-14-12-27-13-15-28)20-8-6-5-7-19(20)18-9-10-22(25)23(26)16-18/h5-10,16,21,27,29H,3-4,11-15,17H2,1-2H3. The SMILES string of the molecule is CCCCC(C)(O)C(CN1CCNCC1)c1ccccc1-c1ccc(Cl)c(Cl)c1. The topological polar surface area (TPSA) is 35.5 Å². The quantitative estimate of drug-likeness (QED) is 0.568. The first kappa shape index (κ1) is 22.6. The molecular weight excluding hydrogens is 403 g/mol. The zero-order valence-corrected chi connectivity index (χ0v) is 18.9. The summed E-state index contributed by atoms with van der Waals surface area (Å²) in [6.45, 7) is 9.03. The Morgan fingerprint density at radius 2 is 1.83 bits per heavy atom. The van der Waals surface area contributed by atoms with Gasteiger partial charge in [0, 0.05) is 38.6 Å². The van der Waals surface area contributed by atoms with Crippen LogP contribution in [0.2, 0.25) is 10.0 Å². The molecule has 1 fully saturated rings. The van der Waals surface area contributed by atoms with Gasteiger partial charge in [0.2, 0.25) is 0 Å². The number of hydrogen-bond acceptors (Lipinski definition) is 3. The molecular formula is C24H32Cl2N2O. The van der Waals surface area contributed by atoms with Gasteiger partial charge in [0.15, 0.2) is 0 Å². The molecule has 2 atom stereocenters. The molecule has 0 radical (unpaired) electrons. The van der Waals surface area contributed by atoms with Crippen LogP contribution in [-0.2, 0) is 0 Å². The third kappa shape index (κ3) is 5.74. The maximum Gasteiger partial charge on any atom is 0.0700 e. The van der Waals surface area contributed by atoms with Gasteiger partial charge >= 0.3 is 0 Å². The van der Waals surface area contributed by atoms with Gasteiger partial charge in [-0.25, -0.2) is 0 Å². The van der Waals surface area contributed by atoms with Crippen LogP contribution in [0.25, 0.3) is 11.1 Å². The number of nitrogens with one attached hydrogen (secondary N) is 1. The Labute approximate surface area is 185 Å². The van der Waals surface area contributed by atoms with Gasteiger partial charge in [-0.05, 0) is 42.2 Å². The molecule has 2 aromatic carbocycles. The van der Waals surface area contributed by atoms with E-state index in [1.807, 2.05) is 31.2 Å². The zero-order valence-electron chi connectivity index (χ0n) is 17.4. The molecule has 2 N–H and O–H groups in total. The van der Waals surface area contributed by atoms with Crippen molar-refractivity contribution >= 4 is 23.2 Å². The monoisotopic (exact) mass is 434 g/mol. The van der Waals surface area contributed by atoms with Crippen LogP contribution in [0.1, 0.15) is 44.6 Å². The second kappa shape index (κ2) is 10.3. The number of nitrogens with zero attached hydrogens (tertiary/aromatic N) is 1. The van der Waals surface area contributed by atoms with Crippen molar-refractivity contribution < 1.29 is 5.11 Å². The van der Waals surface area contributed by atoms with Crippen LogP contribution in [0.5, 0.6) is 0 Å². The number of rotatable bonds is 8. The fourth-order valence-electron chi connectivity index (χ4n) is 4.22. The molecule has 29 heavy (non-hydrogen) atoms. The number of unbranched alkanes of at least 4 members (excludes halogenated alkanes) is 1. The molecule has 0 aromatic heterocycles. The number of hydrogen-bond donors (Lipinski definition) is 2. The summed E-state index contributed by atoms with van der Waals surface area (Å²) >= 11 is 12.5. The molecule has 0 amide bonds. The average Bonchev–Trinajstić information content (AvgIpc) is 2.73. The molecule has 1 aliphatic rings. The third-order valence-electron chi connectivity index (χ3n) is 6.00. The van der Waals surface area contributed by atoms with Crippen molar-refractivity contribution in [1.82, 2.24) is 10.2 Å². The van der Waals surface area contributed by atoms with Crippen LogP contribution >= 0.6 is 23.2 Å². The van der Waals surface area contributed by atoms with Crippen LogP contribution in [0.4, 0.5) is 0 Å². The first-order valence-corrected chi connectivity index (χ1v) is 11.4. The minimum Gasteiger partial charge on any atom is -0.389 e. The molecule has 1 saturated heterocycles. The van der Waals surface area contributed by atoms with Crippen LogP contribution in [0, 0.1) is 0 Å². The van der Waals surface area contributed by atoms with E-state index in [1.165, 1.54) is 5.56 Å². The third-order valence-corrected chi connectivity index (χ3v) is 6.74. The normalized spacial score (nSPS) is 18.4. The lowest BCUT2D eigenvalue weighted by molar-refractivity contribution is 0.00642. The molecule has 3 nitrogen and oxygen atoms in total. The van der Waals surface area contributed by atoms with Gasteiger partial charge in [0.05, 0.1) is 15.6 Å². The van der Waals surface area contributed by atoms with Crippen molar-refractivity contribution in [1.29, 1.82) is 0 Å². The highest BCUT2D eigenvalue weighted by Gasteiger charge is 2.35. The fraction of sp³-hybridized carbons (Fsp3) is 0.500. The van der Waals surface area contributed by atoms with Crippen LogP contribution < -0.4 is 5.32 Å². The molecule has 3 rings (SSSR count). The Morgan fingerprint density at radius 1 is 1.10 bits per heavy atom. The molecule has 1 aliphatic heterocycles. The average molecular weight is 435 g/mol. The number of piperazine rings is 1. The van der Waals surface area contributed by atoms with E-state index in [2.05, 4.69) is 35.3 Å². The molecule has 0 spiro atoms. The molecule has 0 saturated carbocycles. The predicted octanol–water partition coefficient (Wildman–Crippen LogP) is 5.59. The molecule has 0 aliphatic carbocycles. The van der Waals surface area contributed by atoms with Crippen LogP contribution in [-0.4, -0.2) is 48.3 Å². The van der Waals surface area contributed by atoms with Gasteiger partial charge < -0.3 is 15.3 Å². The number of halogens is 2. The minimum atomic E-state index is -0.785. The molecule has 5 heteroatoms. The second-order valence-corrected chi connectivity index (χ2v) is 9.09. The van der Waals surface area contributed by atoms with Crippen molar-refractivity contribution in [2.24, 2.45) is 0 Å². The second-order valence-electron chi connectivity index (χ2n) is 8.28. The smallest absolute Gasteiger partial charge is 0.0700 e. The van der Waals surface area contributed by atoms with E-state index < -0.39 is 5.60 Å². The maximum atomic E-state index is 11.6. The summed E-state index contributed by atoms with van der Waals surface area (Å²) in [5, 5.41) is 16.1. The number of aliphatic hydroxyl groups is 1. The van der Waals surface area contributed by atoms with Gasteiger partial charge in [0.25, 0.3) is 0 Å². The van der Waals surface area contributed by atoms with Gasteiger partial charge in [-0.1, -0.05) is 73.3 Å². The van der Waals surface area contributed by atoms with Gasteiger partial charge in [-0.2, -0.15) is 0 Å². The van der Waals surface area contributed by atoms with Crippen molar-refractivity contribution in [2.45, 2.75) is 44.6 Å². The van der Waals surface area contributed by atoms with E-state index in [-0.39, 0.29) is 5.92 Å². The van der Waals surface area contributed by atoms with E-state index in [4.69, 9.17) is 23.2 Å². The summed E-state index contributed by atoms with van der Waals surface area (Å²) < 4.78 is 0. The first-order chi connectivity index (χ1) is 13.9. The highest BCUT2D eigenvalue weighted by atomic mass is 35.5. The summed E-state index contributed by atoms with van der Waals surface area (Å²) in [6, 6.07) is 14.2. The number of benzene rings is 2. The van der Waals surface area contributed by atoms with E-state index in [9.17, 15) is 5.11 Å². The van der Waals surface area contributed by atoms with Crippen molar-refractivity contribution in [3.05, 3.63) is 58.1 Å². The van der Waals surface area contributed by atoms with Gasteiger partial charge in [-0.3, -0.25) is 0 Å². The lowest BCUT2D eigenvalue weighted by Crippen LogP contribution is -2.48. The Bertz CT molecular complexity index is 803. The molecule has 0 bridgehead atoms. The van der Waals surface area contributed by atoms with Gasteiger partial charge in [-0.15, -0.1) is 0 Å². The highest BCUT2D eigenvalue weighted by molar-refractivity contribution is 6.42. The predicted molar refractivity (Wildman–Crippen MR) is 124 cm³/mol. The highest BCUT2D eigenvalue weighted by Crippen LogP contribution is 2.39. The molecule has 1 heterocycles. The minimum absolute atomic E-state index is 0.0119. The zero-order chi connectivity index (χ0) is 20.9. The van der Waals surface area contributed by atoms with E-state index in [0.29, 0.717) is 10.0 Å². The lowest BCUT2D eigenvalue weighted by Gasteiger charge is -2.39. The first-order valence-electron chi connectivity index (χ1n) is 10.6. The van der Waals surface area contributed by atoms with E-state index in [0.717, 1.165) is 63.1 Å². The summed E-state index contributed by atoms with van der Waals surface area (Å²) in [7, 11) is 0. The van der Waals surface area contributed by atoms with Gasteiger partial charge in [0.1, 0.15) is 0 Å².